The highest BCUT2D eigenvalue weighted by atomic mass is 35.5. The van der Waals surface area contributed by atoms with Crippen LogP contribution in [0.2, 0.25) is 5.02 Å². The van der Waals surface area contributed by atoms with E-state index >= 15 is 0 Å². The Hall–Kier alpha value is -5.06. The number of ether oxygens (including phenoxy) is 1. The van der Waals surface area contributed by atoms with E-state index < -0.39 is 84.7 Å². The van der Waals surface area contributed by atoms with Crippen LogP contribution in [0.3, 0.4) is 0 Å². The fourth-order valence-electron chi connectivity index (χ4n) is 6.60. The number of hydrogen-bond donors (Lipinski definition) is 1. The Morgan fingerprint density at radius 3 is 2.16 bits per heavy atom. The van der Waals surface area contributed by atoms with E-state index in [0.29, 0.717) is 11.1 Å². The lowest BCUT2D eigenvalue weighted by atomic mass is 9.74. The third-order valence-corrected chi connectivity index (χ3v) is 10.4. The summed E-state index contributed by atoms with van der Waals surface area (Å²) >= 11 is 6.39. The first-order chi connectivity index (χ1) is 25.8. The van der Waals surface area contributed by atoms with Gasteiger partial charge in [0.05, 0.1) is 22.9 Å². The van der Waals surface area contributed by atoms with Crippen molar-refractivity contribution in [2.75, 3.05) is 6.61 Å². The van der Waals surface area contributed by atoms with E-state index in [1.54, 1.807) is 0 Å². The van der Waals surface area contributed by atoms with Crippen molar-refractivity contribution in [2.45, 2.75) is 70.3 Å². The molecule has 0 bridgehead atoms. The summed E-state index contributed by atoms with van der Waals surface area (Å²) in [5.74, 6) is -3.55. The minimum Gasteiger partial charge on any atom is -0.463 e. The third kappa shape index (κ3) is 7.62. The zero-order valence-electron chi connectivity index (χ0n) is 29.1. The molecule has 0 unspecified atom stereocenters. The SMILES string of the molecule is CC(C)(C[C@]1(c2ccc(-c3ccc(F)cc3)cc2)N=C(N)N([C@H](COC(=O)CC2(C(F)F)CC2)c2ccc(Cl)c(-c3ncnn3C(F)F)c2)C1=O)C(F)(F)F. The van der Waals surface area contributed by atoms with E-state index in [0.717, 1.165) is 25.1 Å². The second-order valence-corrected chi connectivity index (χ2v) is 14.6. The number of alkyl halides is 7. The number of aliphatic imine (C=N–C) groups is 1. The molecule has 1 saturated carbocycles. The lowest BCUT2D eigenvalue weighted by Crippen LogP contribution is -2.49. The van der Waals surface area contributed by atoms with Crippen LogP contribution in [0.4, 0.5) is 35.1 Å². The summed E-state index contributed by atoms with van der Waals surface area (Å²) in [6, 6.07) is 13.6. The summed E-state index contributed by atoms with van der Waals surface area (Å²) in [5, 5.41) is 3.43. The van der Waals surface area contributed by atoms with Crippen molar-refractivity contribution in [1.29, 1.82) is 0 Å². The van der Waals surface area contributed by atoms with Gasteiger partial charge in [0, 0.05) is 11.0 Å². The van der Waals surface area contributed by atoms with E-state index in [4.69, 9.17) is 22.1 Å². The Kier molecular flexibility index (Phi) is 10.5. The normalized spacial score (nSPS) is 18.9. The molecule has 2 atom stereocenters. The molecule has 1 aliphatic heterocycles. The van der Waals surface area contributed by atoms with Gasteiger partial charge in [-0.25, -0.2) is 23.1 Å². The smallest absolute Gasteiger partial charge is 0.394 e. The number of nitrogens with two attached hydrogens (primary N) is 1. The van der Waals surface area contributed by atoms with E-state index in [1.807, 2.05) is 0 Å². The summed E-state index contributed by atoms with van der Waals surface area (Å²) in [7, 11) is 0. The van der Waals surface area contributed by atoms with Crippen molar-refractivity contribution in [3.8, 4) is 22.5 Å². The van der Waals surface area contributed by atoms with Crippen molar-refractivity contribution < 1.29 is 49.4 Å². The maximum atomic E-state index is 14.9. The van der Waals surface area contributed by atoms with Crippen LogP contribution >= 0.6 is 11.6 Å². The number of guanidine groups is 1. The highest BCUT2D eigenvalue weighted by molar-refractivity contribution is 6.33. The zero-order chi connectivity index (χ0) is 40.1. The first-order valence-corrected chi connectivity index (χ1v) is 17.2. The Morgan fingerprint density at radius 2 is 1.60 bits per heavy atom. The van der Waals surface area contributed by atoms with Gasteiger partial charge in [-0.2, -0.15) is 31.7 Å². The van der Waals surface area contributed by atoms with Crippen molar-refractivity contribution in [1.82, 2.24) is 19.7 Å². The van der Waals surface area contributed by atoms with Gasteiger partial charge in [0.15, 0.2) is 17.3 Å². The molecule has 1 aromatic heterocycles. The van der Waals surface area contributed by atoms with Crippen LogP contribution in [0, 0.1) is 16.6 Å². The Labute approximate surface area is 314 Å². The molecule has 18 heteroatoms. The Morgan fingerprint density at radius 1 is 0.982 bits per heavy atom. The Bertz CT molecular complexity index is 2100. The van der Waals surface area contributed by atoms with E-state index in [2.05, 4.69) is 15.1 Å². The molecule has 0 spiro atoms. The average molecular weight is 797 g/mol. The van der Waals surface area contributed by atoms with E-state index in [1.165, 1.54) is 66.7 Å². The largest absolute Gasteiger partial charge is 0.463 e. The third-order valence-electron chi connectivity index (χ3n) is 10.1. The minimum absolute atomic E-state index is 0.0105. The summed E-state index contributed by atoms with van der Waals surface area (Å²) in [4.78, 5) is 36.9. The fraction of sp³-hybridized carbons (Fsp3) is 0.378. The van der Waals surface area contributed by atoms with Crippen LogP contribution in [-0.4, -0.2) is 56.7 Å². The second-order valence-electron chi connectivity index (χ2n) is 14.2. The van der Waals surface area contributed by atoms with Gasteiger partial charge < -0.3 is 10.5 Å². The first kappa shape index (κ1) is 39.6. The van der Waals surface area contributed by atoms with Crippen LogP contribution in [-0.2, 0) is 19.9 Å². The van der Waals surface area contributed by atoms with Crippen molar-refractivity contribution in [3.05, 3.63) is 95.0 Å². The van der Waals surface area contributed by atoms with Crippen molar-refractivity contribution in [2.24, 2.45) is 21.6 Å². The number of aromatic nitrogens is 3. The molecule has 292 valence electrons. The summed E-state index contributed by atoms with van der Waals surface area (Å²) in [6.45, 7) is -2.12. The number of nitrogens with zero attached hydrogens (tertiary/aromatic N) is 5. The van der Waals surface area contributed by atoms with Crippen LogP contribution in [0.15, 0.2) is 78.0 Å². The number of halogens is 9. The second kappa shape index (κ2) is 14.5. The number of carbonyl (C=O) groups excluding carboxylic acids is 2. The summed E-state index contributed by atoms with van der Waals surface area (Å²) in [6.07, 6.45) is -8.22. The molecule has 1 fully saturated rings. The highest BCUT2D eigenvalue weighted by Gasteiger charge is 2.59. The van der Waals surface area contributed by atoms with Gasteiger partial charge in [-0.05, 0) is 65.8 Å². The molecule has 0 radical (unpaired) electrons. The predicted octanol–water partition coefficient (Wildman–Crippen LogP) is 8.85. The molecular formula is C37H33ClF8N6O3. The van der Waals surface area contributed by atoms with Gasteiger partial charge in [0.25, 0.3) is 5.91 Å². The molecule has 9 nitrogen and oxygen atoms in total. The molecule has 55 heavy (non-hydrogen) atoms. The van der Waals surface area contributed by atoms with Crippen LogP contribution < -0.4 is 5.73 Å². The standard InChI is InChI=1S/C37H33ClF8N6O3/c1-34(2,37(44,45)46)18-36(23-8-3-20(4-9-23)21-5-10-24(39)11-6-21)31(54)51(33(47)50-36)27(17-55-28(53)16-35(13-14-35)30(40)41)22-7-12-26(38)25(15-22)29-48-19-49-52(29)32(42)43/h3-12,15,19,27,30,32H,13-14,16-18H2,1-2H3,(H2,47,50)/t27-,36-/m1/s1. The van der Waals surface area contributed by atoms with Gasteiger partial charge in [0.2, 0.25) is 6.43 Å². The van der Waals surface area contributed by atoms with Gasteiger partial charge in [0.1, 0.15) is 18.8 Å². The van der Waals surface area contributed by atoms with E-state index in [9.17, 15) is 44.7 Å². The first-order valence-electron chi connectivity index (χ1n) is 16.8. The van der Waals surface area contributed by atoms with Gasteiger partial charge in [-0.3, -0.25) is 14.5 Å². The van der Waals surface area contributed by atoms with Crippen molar-refractivity contribution in [3.63, 3.8) is 0 Å². The molecule has 2 N–H and O–H groups in total. The Balaban J connectivity index is 1.44. The van der Waals surface area contributed by atoms with Gasteiger partial charge in [-0.1, -0.05) is 67.9 Å². The fourth-order valence-corrected chi connectivity index (χ4v) is 6.80. The van der Waals surface area contributed by atoms with Crippen LogP contribution in [0.25, 0.3) is 22.5 Å². The number of amides is 1. The summed E-state index contributed by atoms with van der Waals surface area (Å²) < 4.78 is 118. The number of carbonyl (C=O) groups is 2. The maximum absolute atomic E-state index is 14.9. The molecule has 0 saturated heterocycles. The van der Waals surface area contributed by atoms with Crippen molar-refractivity contribution >= 4 is 29.4 Å². The molecule has 2 aliphatic rings. The number of rotatable bonds is 13. The molecule has 6 rings (SSSR count). The quantitative estimate of drug-likeness (QED) is 0.107. The molecular weight excluding hydrogens is 764 g/mol. The number of esters is 1. The number of benzene rings is 3. The molecule has 4 aromatic rings. The highest BCUT2D eigenvalue weighted by Crippen LogP contribution is 2.54. The molecule has 1 aliphatic carbocycles. The van der Waals surface area contributed by atoms with Crippen LogP contribution in [0.1, 0.15) is 63.2 Å². The molecule has 2 heterocycles. The maximum Gasteiger partial charge on any atom is 0.394 e. The average Bonchev–Trinajstić information content (AvgIpc) is 3.65. The molecule has 3 aromatic carbocycles. The van der Waals surface area contributed by atoms with E-state index in [-0.39, 0.29) is 45.1 Å². The predicted molar refractivity (Wildman–Crippen MR) is 184 cm³/mol. The monoisotopic (exact) mass is 796 g/mol. The number of hydrogen-bond acceptors (Lipinski definition) is 7. The minimum atomic E-state index is -4.84. The van der Waals surface area contributed by atoms with Gasteiger partial charge in [-0.15, -0.1) is 0 Å². The lowest BCUT2D eigenvalue weighted by molar-refractivity contribution is -0.218. The molecule has 1 amide bonds. The lowest BCUT2D eigenvalue weighted by Gasteiger charge is -2.37. The zero-order valence-corrected chi connectivity index (χ0v) is 29.9. The van der Waals surface area contributed by atoms with Gasteiger partial charge >= 0.3 is 18.7 Å². The van der Waals surface area contributed by atoms with Crippen LogP contribution in [0.5, 0.6) is 0 Å². The summed E-state index contributed by atoms with van der Waals surface area (Å²) in [5.41, 5.74) is 1.05. The topological polar surface area (TPSA) is 116 Å².